The SMILES string of the molecule is CCC1=Cc2c(-c3ccc(C(F)(F)F)cc3)cccc2[CH]1[Hf]1([CH]2C(CC)=Cc3c(-c4ccc(C(F)(F)F)cc4)cccc32)[CH]2CCCC[CH]21.Cl.Cl. The third kappa shape index (κ3) is 6.11. The van der Waals surface area contributed by atoms with Gasteiger partial charge in [0.05, 0.1) is 0 Å². The molecule has 8 rings (SSSR count). The van der Waals surface area contributed by atoms with E-state index in [0.717, 1.165) is 42.4 Å². The van der Waals surface area contributed by atoms with E-state index in [0.29, 0.717) is 7.35 Å². The fourth-order valence-corrected chi connectivity index (χ4v) is 46.0. The van der Waals surface area contributed by atoms with Crippen LogP contribution in [0.2, 0.25) is 7.35 Å². The molecule has 51 heavy (non-hydrogen) atoms. The summed E-state index contributed by atoms with van der Waals surface area (Å²) < 4.78 is 82.9. The fourth-order valence-electron chi connectivity index (χ4n) is 10.1. The Balaban J connectivity index is 0.00000224. The first-order chi connectivity index (χ1) is 23.5. The summed E-state index contributed by atoms with van der Waals surface area (Å²) >= 11 is -3.50. The number of alkyl halides is 6. The zero-order valence-electron chi connectivity index (χ0n) is 28.4. The first-order valence-electron chi connectivity index (χ1n) is 17.5. The third-order valence-corrected chi connectivity index (χ3v) is 37.0. The minimum absolute atomic E-state index is 0. The average molecular weight is 908 g/mol. The van der Waals surface area contributed by atoms with Crippen LogP contribution >= 0.6 is 24.8 Å². The molecule has 4 unspecified atom stereocenters. The molecule has 1 saturated carbocycles. The van der Waals surface area contributed by atoms with E-state index in [2.05, 4.69) is 62.4 Å². The monoisotopic (exact) mass is 908 g/mol. The van der Waals surface area contributed by atoms with Crippen molar-refractivity contribution in [1.29, 1.82) is 0 Å². The van der Waals surface area contributed by atoms with Gasteiger partial charge in [-0.3, -0.25) is 0 Å². The largest absolute Gasteiger partial charge is 0.147 e. The second kappa shape index (κ2) is 14.0. The number of halogens is 8. The van der Waals surface area contributed by atoms with Gasteiger partial charge >= 0.3 is 290 Å². The number of allylic oxidation sites excluding steroid dienone is 2. The molecule has 0 radical (unpaired) electrons. The Morgan fingerprint density at radius 3 is 1.25 bits per heavy atom. The first kappa shape index (κ1) is 38.1. The van der Waals surface area contributed by atoms with E-state index < -0.39 is 43.4 Å². The van der Waals surface area contributed by atoms with Crippen molar-refractivity contribution in [3.63, 3.8) is 0 Å². The molecular weight excluding hydrogens is 868 g/mol. The summed E-state index contributed by atoms with van der Waals surface area (Å²) in [6, 6.07) is 24.1. The summed E-state index contributed by atoms with van der Waals surface area (Å²) in [5, 5.41) is 0. The van der Waals surface area contributed by atoms with Gasteiger partial charge in [0.2, 0.25) is 0 Å². The number of hydrogen-bond acceptors (Lipinski definition) is 0. The van der Waals surface area contributed by atoms with Gasteiger partial charge in [-0.1, -0.05) is 0 Å². The maximum atomic E-state index is 13.4. The van der Waals surface area contributed by atoms with Gasteiger partial charge in [0.15, 0.2) is 0 Å². The Labute approximate surface area is 312 Å². The summed E-state index contributed by atoms with van der Waals surface area (Å²) in [7, 11) is 0. The molecule has 0 spiro atoms. The number of hydrogen-bond donors (Lipinski definition) is 0. The molecule has 0 nitrogen and oxygen atoms in total. The van der Waals surface area contributed by atoms with Gasteiger partial charge in [0.1, 0.15) is 0 Å². The molecule has 0 N–H and O–H groups in total. The van der Waals surface area contributed by atoms with Gasteiger partial charge in [-0.2, -0.15) is 0 Å². The molecule has 4 aromatic rings. The van der Waals surface area contributed by atoms with Gasteiger partial charge in [0, 0.05) is 0 Å². The Morgan fingerprint density at radius 2 is 0.922 bits per heavy atom. The maximum Gasteiger partial charge on any atom is -0.147 e. The van der Waals surface area contributed by atoms with Crippen molar-refractivity contribution < 1.29 is 46.3 Å². The molecule has 9 heteroatoms. The van der Waals surface area contributed by atoms with E-state index >= 15 is 0 Å². The quantitative estimate of drug-likeness (QED) is 0.134. The normalized spacial score (nSPS) is 24.7. The molecule has 268 valence electrons. The van der Waals surface area contributed by atoms with E-state index in [-0.39, 0.29) is 24.8 Å². The summed E-state index contributed by atoms with van der Waals surface area (Å²) in [6.07, 6.45) is 2.93. The molecular formula is C42H40Cl2F6Hf. The maximum absolute atomic E-state index is 13.4. The molecule has 1 heterocycles. The Morgan fingerprint density at radius 1 is 0.549 bits per heavy atom. The van der Waals surface area contributed by atoms with Gasteiger partial charge in [-0.05, 0) is 0 Å². The molecule has 1 saturated heterocycles. The van der Waals surface area contributed by atoms with Crippen molar-refractivity contribution in [2.24, 2.45) is 0 Å². The summed E-state index contributed by atoms with van der Waals surface area (Å²) in [5.41, 5.74) is 10.4. The van der Waals surface area contributed by atoms with Gasteiger partial charge < -0.3 is 0 Å². The molecule has 1 aliphatic heterocycles. The first-order valence-corrected chi connectivity index (χ1v) is 25.8. The fraction of sp³-hybridized carbons (Fsp3) is 0.333. The molecule has 4 atom stereocenters. The minimum Gasteiger partial charge on any atom is -0.147 e. The molecule has 0 aromatic heterocycles. The van der Waals surface area contributed by atoms with Crippen LogP contribution in [0, 0.1) is 0 Å². The van der Waals surface area contributed by atoms with Crippen molar-refractivity contribution in [3.05, 3.63) is 129 Å². The summed E-state index contributed by atoms with van der Waals surface area (Å²) in [5.74, 6) is 0. The van der Waals surface area contributed by atoms with Crippen LogP contribution in [-0.4, -0.2) is 0 Å². The van der Waals surface area contributed by atoms with E-state index in [1.165, 1.54) is 83.3 Å². The number of benzene rings is 4. The van der Waals surface area contributed by atoms with Crippen molar-refractivity contribution in [3.8, 4) is 22.3 Å². The van der Waals surface area contributed by atoms with Crippen LogP contribution in [0.25, 0.3) is 34.4 Å². The zero-order chi connectivity index (χ0) is 34.3. The number of rotatable bonds is 6. The van der Waals surface area contributed by atoms with Gasteiger partial charge in [-0.25, -0.2) is 0 Å². The Hall–Kier alpha value is -2.61. The minimum atomic E-state index is -4.38. The molecule has 4 aliphatic rings. The molecule has 0 amide bonds. The Kier molecular flexibility index (Phi) is 10.5. The summed E-state index contributed by atoms with van der Waals surface area (Å²) in [4.78, 5) is 0. The predicted molar refractivity (Wildman–Crippen MR) is 196 cm³/mol. The van der Waals surface area contributed by atoms with Gasteiger partial charge in [0.25, 0.3) is 0 Å². The second-order valence-electron chi connectivity index (χ2n) is 14.3. The van der Waals surface area contributed by atoms with E-state index in [1.54, 1.807) is 24.3 Å². The predicted octanol–water partition coefficient (Wildman–Crippen LogP) is 14.6. The molecule has 0 bridgehead atoms. The Bertz CT molecular complexity index is 1850. The van der Waals surface area contributed by atoms with Crippen molar-refractivity contribution in [2.75, 3.05) is 0 Å². The topological polar surface area (TPSA) is 0 Å². The standard InChI is InChI=1S/2C18H14F3.C6H10.2ClH.Hf/c2*1-2-12-10-14-4-3-5-16(17(14)11-12)13-6-8-15(9-7-13)18(19,20)21;1-2-4-6-5-3-1;;;/h2*3-11H,2H2,1H3;1-2H,3-6H2;2*1H;. The smallest absolute Gasteiger partial charge is 0.147 e. The summed E-state index contributed by atoms with van der Waals surface area (Å²) in [6.45, 7) is 4.50. The average Bonchev–Trinajstić information content (AvgIpc) is 3.37. The zero-order valence-corrected chi connectivity index (χ0v) is 33.6. The second-order valence-corrected chi connectivity index (χ2v) is 30.9. The molecule has 3 aliphatic carbocycles. The van der Waals surface area contributed by atoms with Crippen LogP contribution in [0.15, 0.2) is 96.1 Å². The van der Waals surface area contributed by atoms with E-state index in [9.17, 15) is 26.3 Å². The van der Waals surface area contributed by atoms with Crippen molar-refractivity contribution >= 4 is 37.0 Å². The van der Waals surface area contributed by atoms with Crippen LogP contribution in [0.3, 0.4) is 0 Å². The van der Waals surface area contributed by atoms with Gasteiger partial charge in [-0.15, -0.1) is 24.8 Å². The van der Waals surface area contributed by atoms with Crippen LogP contribution in [0.5, 0.6) is 0 Å². The van der Waals surface area contributed by atoms with Crippen LogP contribution in [0.4, 0.5) is 26.3 Å². The third-order valence-electron chi connectivity index (χ3n) is 12.1. The number of fused-ring (bicyclic) bond motifs is 3. The van der Waals surface area contributed by atoms with Crippen LogP contribution < -0.4 is 0 Å². The van der Waals surface area contributed by atoms with E-state index in [1.807, 2.05) is 0 Å². The van der Waals surface area contributed by atoms with Crippen LogP contribution in [0.1, 0.15) is 93.1 Å². The van der Waals surface area contributed by atoms with E-state index in [4.69, 9.17) is 0 Å². The molecule has 4 aromatic carbocycles. The van der Waals surface area contributed by atoms with Crippen molar-refractivity contribution in [1.82, 2.24) is 0 Å². The van der Waals surface area contributed by atoms with Crippen LogP contribution in [-0.2, 0) is 32.3 Å². The molecule has 2 fully saturated rings. The van der Waals surface area contributed by atoms with Crippen molar-refractivity contribution in [2.45, 2.75) is 79.4 Å².